The van der Waals surface area contributed by atoms with Crippen LogP contribution in [0.2, 0.25) is 0 Å². The van der Waals surface area contributed by atoms with Gasteiger partial charge in [-0.05, 0) is 48.7 Å². The Balaban J connectivity index is 0.00000111. The Hall–Kier alpha value is -4.75. The Morgan fingerprint density at radius 3 is 2.32 bits per heavy atom. The molecule has 3 N–H and O–H groups in total. The summed E-state index contributed by atoms with van der Waals surface area (Å²) in [4.78, 5) is 42.8. The van der Waals surface area contributed by atoms with Gasteiger partial charge in [0.25, 0.3) is 5.91 Å². The normalized spacial score (nSPS) is 12.1. The van der Waals surface area contributed by atoms with Gasteiger partial charge in [-0.2, -0.15) is 0 Å². The molecule has 0 bridgehead atoms. The van der Waals surface area contributed by atoms with Crippen molar-refractivity contribution < 1.29 is 14.3 Å². The van der Waals surface area contributed by atoms with E-state index in [0.29, 0.717) is 30.3 Å². The van der Waals surface area contributed by atoms with Crippen LogP contribution in [0.4, 0.5) is 17.2 Å². The second-order valence-electron chi connectivity index (χ2n) is 8.41. The molecule has 0 radical (unpaired) electrons. The second-order valence-corrected chi connectivity index (χ2v) is 8.41. The van der Waals surface area contributed by atoms with Gasteiger partial charge in [-0.3, -0.25) is 14.6 Å². The molecule has 0 atom stereocenters. The summed E-state index contributed by atoms with van der Waals surface area (Å²) in [5, 5.41) is 6.48. The van der Waals surface area contributed by atoms with Crippen LogP contribution >= 0.6 is 0 Å². The average Bonchev–Trinajstić information content (AvgIpc) is 3.46. The van der Waals surface area contributed by atoms with E-state index in [1.54, 1.807) is 25.4 Å². The quantitative estimate of drug-likeness (QED) is 0.284. The number of aromatic nitrogens is 4. The fourth-order valence-corrected chi connectivity index (χ4v) is 4.09. The van der Waals surface area contributed by atoms with Gasteiger partial charge < -0.3 is 25.3 Å². The number of fused-ring (bicyclic) bond motifs is 1. The highest BCUT2D eigenvalue weighted by Gasteiger charge is 2.17. The lowest BCUT2D eigenvalue weighted by atomic mass is 10.1. The van der Waals surface area contributed by atoms with Crippen molar-refractivity contribution in [1.82, 2.24) is 19.9 Å². The van der Waals surface area contributed by atoms with Crippen LogP contribution in [-0.2, 0) is 20.7 Å². The van der Waals surface area contributed by atoms with Crippen LogP contribution in [0.25, 0.3) is 22.3 Å². The molecule has 4 heterocycles. The van der Waals surface area contributed by atoms with Crippen LogP contribution < -0.4 is 15.5 Å². The van der Waals surface area contributed by atoms with Crippen molar-refractivity contribution in [1.29, 1.82) is 0 Å². The molecule has 4 aromatic rings. The molecular formula is C31H37N7O3. The molecule has 3 aromatic heterocycles. The Kier molecular flexibility index (Phi) is 11.8. The highest BCUT2D eigenvalue weighted by atomic mass is 16.5. The van der Waals surface area contributed by atoms with E-state index in [-0.39, 0.29) is 12.3 Å². The average molecular weight is 556 g/mol. The van der Waals surface area contributed by atoms with E-state index in [0.717, 1.165) is 41.2 Å². The standard InChI is InChI=1S/C27H25N7O3.2C2H6/c1-2-3-24(35)32-21-9-8-20(28-16-21)14-25(36)31-19-6-4-18(5-7-19)23-15-22-26(33-23)29-17-30-27(22)34-10-12-37-13-11-34;2*1-2/h4-9,15-17H,10-14H2,1H3,(H,31,36)(H,32,35)(H,29,30,33);2*1-2H3. The third-order valence-corrected chi connectivity index (χ3v) is 5.86. The Labute approximate surface area is 241 Å². The highest BCUT2D eigenvalue weighted by molar-refractivity contribution is 6.03. The van der Waals surface area contributed by atoms with E-state index >= 15 is 0 Å². The first-order valence-corrected chi connectivity index (χ1v) is 13.8. The lowest BCUT2D eigenvalue weighted by Crippen LogP contribution is -2.36. The van der Waals surface area contributed by atoms with Crippen LogP contribution in [0.15, 0.2) is 55.0 Å². The maximum Gasteiger partial charge on any atom is 0.300 e. The summed E-state index contributed by atoms with van der Waals surface area (Å²) < 4.78 is 5.46. The Morgan fingerprint density at radius 1 is 0.951 bits per heavy atom. The monoisotopic (exact) mass is 555 g/mol. The molecule has 2 amide bonds. The number of anilines is 3. The summed E-state index contributed by atoms with van der Waals surface area (Å²) in [6.45, 7) is 12.6. The Bertz CT molecular complexity index is 1480. The summed E-state index contributed by atoms with van der Waals surface area (Å²) in [6.07, 6.45) is 3.18. The predicted octanol–water partition coefficient (Wildman–Crippen LogP) is 5.05. The molecule has 1 saturated heterocycles. The zero-order valence-electron chi connectivity index (χ0n) is 24.2. The van der Waals surface area contributed by atoms with Crippen molar-refractivity contribution in [2.24, 2.45) is 0 Å². The third-order valence-electron chi connectivity index (χ3n) is 5.86. The minimum absolute atomic E-state index is 0.107. The number of rotatable bonds is 6. The lowest BCUT2D eigenvalue weighted by molar-refractivity contribution is -0.115. The summed E-state index contributed by atoms with van der Waals surface area (Å²) in [7, 11) is 0. The number of carbonyl (C=O) groups excluding carboxylic acids is 2. The largest absolute Gasteiger partial charge is 0.378 e. The number of nitrogens with zero attached hydrogens (tertiary/aromatic N) is 4. The number of aromatic amines is 1. The summed E-state index contributed by atoms with van der Waals surface area (Å²) in [6, 6.07) is 13.0. The van der Waals surface area contributed by atoms with Gasteiger partial charge in [0, 0.05) is 30.2 Å². The summed E-state index contributed by atoms with van der Waals surface area (Å²) >= 11 is 0. The van der Waals surface area contributed by atoms with Crippen molar-refractivity contribution in [2.45, 2.75) is 41.0 Å². The summed E-state index contributed by atoms with van der Waals surface area (Å²) in [5.74, 6) is 5.24. The number of carbonyl (C=O) groups is 2. The fourth-order valence-electron chi connectivity index (χ4n) is 4.09. The molecule has 0 saturated carbocycles. The van der Waals surface area contributed by atoms with Crippen LogP contribution in [0.3, 0.4) is 0 Å². The molecule has 1 aliphatic heterocycles. The van der Waals surface area contributed by atoms with Crippen molar-refractivity contribution in [3.63, 3.8) is 0 Å². The number of amides is 2. The number of morpholine rings is 1. The molecule has 10 nitrogen and oxygen atoms in total. The summed E-state index contributed by atoms with van der Waals surface area (Å²) in [5.41, 5.74) is 4.46. The van der Waals surface area contributed by atoms with E-state index in [2.05, 4.69) is 53.4 Å². The molecule has 1 fully saturated rings. The van der Waals surface area contributed by atoms with E-state index < -0.39 is 5.91 Å². The maximum atomic E-state index is 12.5. The van der Waals surface area contributed by atoms with Crippen molar-refractivity contribution in [3.8, 4) is 23.1 Å². The number of pyridine rings is 1. The number of ether oxygens (including phenoxy) is 1. The van der Waals surface area contributed by atoms with Gasteiger partial charge in [0.2, 0.25) is 5.91 Å². The maximum absolute atomic E-state index is 12.5. The number of nitrogens with one attached hydrogen (secondary N) is 3. The first kappa shape index (κ1) is 30.8. The SMILES string of the molecule is CC.CC.CC#CC(=O)Nc1ccc(CC(=O)Nc2ccc(-c3cc4c(N5CCOCC5)ncnc4[nH]3)cc2)nc1. The molecule has 1 aliphatic rings. The zero-order valence-corrected chi connectivity index (χ0v) is 24.2. The van der Waals surface area contributed by atoms with E-state index in [1.165, 1.54) is 6.20 Å². The van der Waals surface area contributed by atoms with Gasteiger partial charge in [-0.25, -0.2) is 9.97 Å². The van der Waals surface area contributed by atoms with E-state index in [1.807, 2.05) is 52.0 Å². The molecule has 5 rings (SSSR count). The van der Waals surface area contributed by atoms with Crippen molar-refractivity contribution in [2.75, 3.05) is 41.8 Å². The smallest absolute Gasteiger partial charge is 0.300 e. The zero-order chi connectivity index (χ0) is 29.6. The van der Waals surface area contributed by atoms with Crippen LogP contribution in [-0.4, -0.2) is 58.1 Å². The van der Waals surface area contributed by atoms with Gasteiger partial charge in [0.1, 0.15) is 17.8 Å². The first-order valence-electron chi connectivity index (χ1n) is 13.8. The lowest BCUT2D eigenvalue weighted by Gasteiger charge is -2.27. The molecule has 0 aliphatic carbocycles. The minimum atomic E-state index is -0.406. The fraction of sp³-hybridized carbons (Fsp3) is 0.323. The Morgan fingerprint density at radius 2 is 1.66 bits per heavy atom. The predicted molar refractivity (Wildman–Crippen MR) is 164 cm³/mol. The van der Waals surface area contributed by atoms with Gasteiger partial charge >= 0.3 is 0 Å². The number of H-pyrrole nitrogens is 1. The first-order chi connectivity index (χ1) is 20.1. The molecule has 41 heavy (non-hydrogen) atoms. The van der Waals surface area contributed by atoms with Gasteiger partial charge in [-0.1, -0.05) is 45.7 Å². The van der Waals surface area contributed by atoms with Gasteiger partial charge in [-0.15, -0.1) is 0 Å². The number of hydrogen-bond donors (Lipinski definition) is 3. The molecule has 0 unspecified atom stereocenters. The van der Waals surface area contributed by atoms with E-state index in [9.17, 15) is 9.59 Å². The molecule has 1 aromatic carbocycles. The molecule has 10 heteroatoms. The molecule has 214 valence electrons. The molecular weight excluding hydrogens is 518 g/mol. The van der Waals surface area contributed by atoms with Crippen LogP contribution in [0, 0.1) is 11.8 Å². The van der Waals surface area contributed by atoms with Crippen molar-refractivity contribution in [3.05, 3.63) is 60.7 Å². The van der Waals surface area contributed by atoms with E-state index in [4.69, 9.17) is 4.74 Å². The van der Waals surface area contributed by atoms with Crippen molar-refractivity contribution >= 4 is 40.0 Å². The second kappa shape index (κ2) is 15.7. The van der Waals surface area contributed by atoms with Crippen LogP contribution in [0.5, 0.6) is 0 Å². The minimum Gasteiger partial charge on any atom is -0.378 e. The number of benzene rings is 1. The molecule has 0 spiro atoms. The third kappa shape index (κ3) is 8.37. The number of hydrogen-bond acceptors (Lipinski definition) is 7. The van der Waals surface area contributed by atoms with Crippen LogP contribution in [0.1, 0.15) is 40.3 Å². The van der Waals surface area contributed by atoms with Gasteiger partial charge in [0.15, 0.2) is 0 Å². The highest BCUT2D eigenvalue weighted by Crippen LogP contribution is 2.29. The van der Waals surface area contributed by atoms with Gasteiger partial charge in [0.05, 0.1) is 36.9 Å². The topological polar surface area (TPSA) is 125 Å².